The molecule has 2 aromatic carbocycles. The van der Waals surface area contributed by atoms with Gasteiger partial charge in [-0.2, -0.15) is 0 Å². The highest BCUT2D eigenvalue weighted by Gasteiger charge is 2.21. The van der Waals surface area contributed by atoms with Gasteiger partial charge in [-0.15, -0.1) is 0 Å². The van der Waals surface area contributed by atoms with Crippen molar-refractivity contribution in [1.29, 1.82) is 0 Å². The maximum Gasteiger partial charge on any atom is 0.253 e. The molecule has 138 valence electrons. The molecule has 2 aromatic rings. The van der Waals surface area contributed by atoms with Crippen LogP contribution >= 0.6 is 23.2 Å². The third-order valence-electron chi connectivity index (χ3n) is 4.97. The van der Waals surface area contributed by atoms with E-state index in [0.717, 1.165) is 42.6 Å². The monoisotopic (exact) mass is 390 g/mol. The van der Waals surface area contributed by atoms with Gasteiger partial charge >= 0.3 is 0 Å². The Morgan fingerprint density at radius 1 is 1.04 bits per heavy atom. The number of benzene rings is 2. The van der Waals surface area contributed by atoms with Gasteiger partial charge in [0.15, 0.2) is 0 Å². The van der Waals surface area contributed by atoms with E-state index in [0.29, 0.717) is 16.6 Å². The highest BCUT2D eigenvalue weighted by atomic mass is 35.5. The van der Waals surface area contributed by atoms with Crippen molar-refractivity contribution in [2.45, 2.75) is 38.8 Å². The first-order valence-electron chi connectivity index (χ1n) is 8.95. The van der Waals surface area contributed by atoms with Crippen molar-refractivity contribution in [2.75, 3.05) is 13.1 Å². The van der Waals surface area contributed by atoms with E-state index in [2.05, 4.69) is 19.2 Å². The van der Waals surface area contributed by atoms with Gasteiger partial charge in [-0.3, -0.25) is 4.79 Å². The minimum absolute atomic E-state index is 0.137. The predicted molar refractivity (Wildman–Crippen MR) is 108 cm³/mol. The first-order valence-corrected chi connectivity index (χ1v) is 9.71. The van der Waals surface area contributed by atoms with Crippen LogP contribution in [0.25, 0.3) is 0 Å². The molecule has 0 aliphatic carbocycles. The van der Waals surface area contributed by atoms with E-state index in [9.17, 15) is 4.79 Å². The Hall–Kier alpha value is -1.55. The van der Waals surface area contributed by atoms with E-state index in [-0.39, 0.29) is 11.4 Å². The zero-order chi connectivity index (χ0) is 18.7. The van der Waals surface area contributed by atoms with Crippen molar-refractivity contribution in [2.24, 2.45) is 0 Å². The molecule has 0 unspecified atom stereocenters. The molecule has 0 spiro atoms. The lowest BCUT2D eigenvalue weighted by atomic mass is 9.94. The van der Waals surface area contributed by atoms with Gasteiger partial charge in [0, 0.05) is 30.7 Å². The van der Waals surface area contributed by atoms with Gasteiger partial charge in [-0.1, -0.05) is 41.4 Å². The van der Waals surface area contributed by atoms with Crippen molar-refractivity contribution in [3.8, 4) is 0 Å². The highest BCUT2D eigenvalue weighted by Crippen LogP contribution is 2.28. The third-order valence-corrected chi connectivity index (χ3v) is 5.71. The van der Waals surface area contributed by atoms with Crippen molar-refractivity contribution >= 4 is 29.1 Å². The zero-order valence-corrected chi connectivity index (χ0v) is 16.7. The van der Waals surface area contributed by atoms with Gasteiger partial charge in [0.25, 0.3) is 5.91 Å². The summed E-state index contributed by atoms with van der Waals surface area (Å²) in [6, 6.07) is 13.6. The van der Waals surface area contributed by atoms with Crippen LogP contribution < -0.4 is 5.32 Å². The molecule has 1 aliphatic rings. The van der Waals surface area contributed by atoms with Crippen LogP contribution in [-0.2, 0) is 12.1 Å². The third kappa shape index (κ3) is 4.40. The number of nitrogens with one attached hydrogen (secondary N) is 1. The number of hydrogen-bond donors (Lipinski definition) is 1. The van der Waals surface area contributed by atoms with Crippen molar-refractivity contribution in [3.63, 3.8) is 0 Å². The second-order valence-electron chi connectivity index (χ2n) is 7.30. The second-order valence-corrected chi connectivity index (χ2v) is 8.12. The zero-order valence-electron chi connectivity index (χ0n) is 15.2. The maximum atomic E-state index is 12.4. The number of rotatable bonds is 5. The van der Waals surface area contributed by atoms with Crippen LogP contribution in [0, 0.1) is 0 Å². The number of nitrogens with zero attached hydrogens (tertiary/aromatic N) is 1. The summed E-state index contributed by atoms with van der Waals surface area (Å²) in [6.45, 7) is 6.67. The summed E-state index contributed by atoms with van der Waals surface area (Å²) < 4.78 is 0. The number of halogens is 2. The molecule has 1 saturated heterocycles. The van der Waals surface area contributed by atoms with Crippen LogP contribution in [0.4, 0.5) is 0 Å². The Morgan fingerprint density at radius 2 is 1.69 bits per heavy atom. The molecule has 3 rings (SSSR count). The average Bonchev–Trinajstić information content (AvgIpc) is 3.17. The van der Waals surface area contributed by atoms with E-state index in [1.807, 2.05) is 47.4 Å². The quantitative estimate of drug-likeness (QED) is 0.755. The molecule has 1 N–H and O–H groups in total. The van der Waals surface area contributed by atoms with Gasteiger partial charge < -0.3 is 10.2 Å². The fourth-order valence-corrected chi connectivity index (χ4v) is 3.48. The highest BCUT2D eigenvalue weighted by molar-refractivity contribution is 6.42. The van der Waals surface area contributed by atoms with Crippen molar-refractivity contribution in [1.82, 2.24) is 10.2 Å². The van der Waals surface area contributed by atoms with Crippen LogP contribution in [0.15, 0.2) is 42.5 Å². The summed E-state index contributed by atoms with van der Waals surface area (Å²) >= 11 is 12.2. The van der Waals surface area contributed by atoms with E-state index in [1.54, 1.807) is 0 Å². The SMILES string of the molecule is CC(C)(NCc1ccc(C(=O)N2CCCC2)cc1)c1ccc(Cl)c(Cl)c1. The molecule has 0 saturated carbocycles. The summed E-state index contributed by atoms with van der Waals surface area (Å²) in [5.41, 5.74) is 2.72. The first kappa shape index (κ1) is 19.2. The molecule has 1 amide bonds. The van der Waals surface area contributed by atoms with Crippen molar-refractivity contribution < 1.29 is 4.79 Å². The molecule has 1 fully saturated rings. The Balaban J connectivity index is 1.63. The Kier molecular flexibility index (Phi) is 5.91. The van der Waals surface area contributed by atoms with Crippen LogP contribution in [0.2, 0.25) is 10.0 Å². The fourth-order valence-electron chi connectivity index (χ4n) is 3.18. The van der Waals surface area contributed by atoms with Crippen LogP contribution in [0.1, 0.15) is 48.2 Å². The molecule has 26 heavy (non-hydrogen) atoms. The lowest BCUT2D eigenvalue weighted by molar-refractivity contribution is 0.0793. The van der Waals surface area contributed by atoms with Gasteiger partial charge in [0.05, 0.1) is 10.0 Å². The average molecular weight is 391 g/mol. The first-order chi connectivity index (χ1) is 12.4. The topological polar surface area (TPSA) is 32.3 Å². The van der Waals surface area contributed by atoms with E-state index in [4.69, 9.17) is 23.2 Å². The van der Waals surface area contributed by atoms with E-state index in [1.165, 1.54) is 0 Å². The van der Waals surface area contributed by atoms with E-state index < -0.39 is 0 Å². The molecule has 1 heterocycles. The van der Waals surface area contributed by atoms with Crippen LogP contribution in [0.5, 0.6) is 0 Å². The minimum atomic E-state index is -0.252. The molecule has 1 aliphatic heterocycles. The number of carbonyl (C=O) groups is 1. The molecule has 0 bridgehead atoms. The maximum absolute atomic E-state index is 12.4. The van der Waals surface area contributed by atoms with Crippen LogP contribution in [0.3, 0.4) is 0 Å². The molecule has 0 atom stereocenters. The molecule has 5 heteroatoms. The minimum Gasteiger partial charge on any atom is -0.339 e. The number of likely N-dealkylation sites (tertiary alicyclic amines) is 1. The van der Waals surface area contributed by atoms with Crippen LogP contribution in [-0.4, -0.2) is 23.9 Å². The Labute approximate surface area is 165 Å². The summed E-state index contributed by atoms with van der Waals surface area (Å²) in [4.78, 5) is 14.3. The smallest absolute Gasteiger partial charge is 0.253 e. The number of amides is 1. The van der Waals surface area contributed by atoms with Gasteiger partial charge in [-0.25, -0.2) is 0 Å². The summed E-state index contributed by atoms with van der Waals surface area (Å²) in [6.07, 6.45) is 2.22. The normalized spacial score (nSPS) is 14.7. The standard InChI is InChI=1S/C21H24Cl2N2O/c1-21(2,17-9-10-18(22)19(23)13-17)24-14-15-5-7-16(8-6-15)20(26)25-11-3-4-12-25/h5-10,13,24H,3-4,11-12,14H2,1-2H3. The summed E-state index contributed by atoms with van der Waals surface area (Å²) in [5.74, 6) is 0.137. The molecule has 0 aromatic heterocycles. The van der Waals surface area contributed by atoms with Gasteiger partial charge in [-0.05, 0) is 62.1 Å². The summed E-state index contributed by atoms with van der Waals surface area (Å²) in [7, 11) is 0. The Bertz CT molecular complexity index is 781. The predicted octanol–water partition coefficient (Wildman–Crippen LogP) is 5.25. The Morgan fingerprint density at radius 3 is 2.31 bits per heavy atom. The molecule has 0 radical (unpaired) electrons. The fraction of sp³-hybridized carbons (Fsp3) is 0.381. The number of carbonyl (C=O) groups excluding carboxylic acids is 1. The molecular weight excluding hydrogens is 367 g/mol. The van der Waals surface area contributed by atoms with Gasteiger partial charge in [0.2, 0.25) is 0 Å². The lowest BCUT2D eigenvalue weighted by Crippen LogP contribution is -2.36. The number of hydrogen-bond acceptors (Lipinski definition) is 2. The largest absolute Gasteiger partial charge is 0.339 e. The summed E-state index contributed by atoms with van der Waals surface area (Å²) in [5, 5.41) is 4.66. The van der Waals surface area contributed by atoms with Gasteiger partial charge in [0.1, 0.15) is 0 Å². The van der Waals surface area contributed by atoms with Crippen molar-refractivity contribution in [3.05, 3.63) is 69.2 Å². The molecule has 3 nitrogen and oxygen atoms in total. The lowest BCUT2D eigenvalue weighted by Gasteiger charge is -2.27. The second kappa shape index (κ2) is 7.99. The van der Waals surface area contributed by atoms with E-state index >= 15 is 0 Å². The molecular formula is C21H24Cl2N2O.